The van der Waals surface area contributed by atoms with Crippen LogP contribution in [0.5, 0.6) is 0 Å². The average Bonchev–Trinajstić information content (AvgIpc) is 2.78. The van der Waals surface area contributed by atoms with E-state index < -0.39 is 5.72 Å². The highest BCUT2D eigenvalue weighted by molar-refractivity contribution is 5.84. The molecule has 2 fully saturated rings. The van der Waals surface area contributed by atoms with Crippen molar-refractivity contribution in [3.8, 4) is 0 Å². The van der Waals surface area contributed by atoms with Gasteiger partial charge in [0.05, 0.1) is 12.3 Å². The molecule has 1 spiro atoms. The molecule has 0 N–H and O–H groups in total. The van der Waals surface area contributed by atoms with Crippen LogP contribution in [0.15, 0.2) is 30.0 Å². The lowest BCUT2D eigenvalue weighted by molar-refractivity contribution is -0.184. The maximum atomic E-state index is 12.5. The fourth-order valence-corrected chi connectivity index (χ4v) is 3.68. The van der Waals surface area contributed by atoms with Crippen LogP contribution in [0.3, 0.4) is 0 Å². The first-order chi connectivity index (χ1) is 11.6. The van der Waals surface area contributed by atoms with Crippen LogP contribution in [0.25, 0.3) is 6.08 Å². The Balaban J connectivity index is 1.91. The predicted octanol–water partition coefficient (Wildman–Crippen LogP) is 3.38. The highest BCUT2D eigenvalue weighted by Crippen LogP contribution is 2.45. The smallest absolute Gasteiger partial charge is 0.326 e. The van der Waals surface area contributed by atoms with Crippen molar-refractivity contribution in [2.24, 2.45) is 0 Å². The molecule has 3 rings (SSSR count). The van der Waals surface area contributed by atoms with Crippen molar-refractivity contribution in [3.05, 3.63) is 35.5 Å². The quantitative estimate of drug-likeness (QED) is 0.831. The molecule has 2 aliphatic heterocycles. The summed E-state index contributed by atoms with van der Waals surface area (Å²) in [6.45, 7) is 9.67. The number of hydrogen-bond donors (Lipinski definition) is 0. The maximum absolute atomic E-state index is 12.5. The minimum absolute atomic E-state index is 0.0169. The van der Waals surface area contributed by atoms with Crippen LogP contribution < -0.4 is 4.90 Å². The third-order valence-electron chi connectivity index (χ3n) is 5.14. The molecule has 1 atom stereocenters. The first-order valence-electron chi connectivity index (χ1n) is 8.83. The molecule has 5 heteroatoms. The molecule has 2 amide bonds. The number of carbonyl (C=O) groups excluding carboxylic acids is 1. The summed E-state index contributed by atoms with van der Waals surface area (Å²) < 4.78 is 5.89. The van der Waals surface area contributed by atoms with Crippen LogP contribution in [0.2, 0.25) is 0 Å². The second-order valence-electron chi connectivity index (χ2n) is 6.26. The summed E-state index contributed by atoms with van der Waals surface area (Å²) in [7, 11) is 1.83. The monoisotopic (exact) mass is 329 g/mol. The molecular formula is C19H27N3O2. The van der Waals surface area contributed by atoms with E-state index in [0.717, 1.165) is 30.8 Å². The highest BCUT2D eigenvalue weighted by atomic mass is 16.5. The Morgan fingerprint density at radius 1 is 1.21 bits per heavy atom. The number of hydrogen-bond acceptors (Lipinski definition) is 3. The largest absolute Gasteiger partial charge is 0.372 e. The van der Waals surface area contributed by atoms with E-state index in [-0.39, 0.29) is 6.03 Å². The Labute approximate surface area is 144 Å². The summed E-state index contributed by atoms with van der Waals surface area (Å²) in [6, 6.07) is 8.52. The SMILES string of the molecule is CCN(CC)c1ccc(/C=C2/N(C)C(=O)N(CC)C23CCO3)cc1. The van der Waals surface area contributed by atoms with Crippen LogP contribution in [0.1, 0.15) is 32.8 Å². The number of amides is 2. The summed E-state index contributed by atoms with van der Waals surface area (Å²) in [5.74, 6) is 0. The second-order valence-corrected chi connectivity index (χ2v) is 6.26. The zero-order chi connectivity index (χ0) is 17.3. The van der Waals surface area contributed by atoms with Gasteiger partial charge in [0.25, 0.3) is 0 Å². The molecule has 2 saturated heterocycles. The van der Waals surface area contributed by atoms with Crippen molar-refractivity contribution in [1.82, 2.24) is 9.80 Å². The number of urea groups is 1. The van der Waals surface area contributed by atoms with E-state index in [1.807, 2.05) is 18.9 Å². The fourth-order valence-electron chi connectivity index (χ4n) is 3.68. The van der Waals surface area contributed by atoms with Gasteiger partial charge in [0.15, 0.2) is 5.72 Å². The molecule has 0 aromatic heterocycles. The van der Waals surface area contributed by atoms with E-state index in [9.17, 15) is 4.79 Å². The number of rotatable bonds is 5. The van der Waals surface area contributed by atoms with E-state index in [0.29, 0.717) is 13.2 Å². The Hall–Kier alpha value is -2.01. The van der Waals surface area contributed by atoms with E-state index in [1.54, 1.807) is 4.90 Å². The Kier molecular flexibility index (Phi) is 4.54. The summed E-state index contributed by atoms with van der Waals surface area (Å²) in [5, 5.41) is 0. The van der Waals surface area contributed by atoms with Gasteiger partial charge in [-0.15, -0.1) is 0 Å². The Morgan fingerprint density at radius 3 is 2.29 bits per heavy atom. The molecule has 1 unspecified atom stereocenters. The van der Waals surface area contributed by atoms with Gasteiger partial charge in [0.2, 0.25) is 0 Å². The van der Waals surface area contributed by atoms with Crippen molar-refractivity contribution in [1.29, 1.82) is 0 Å². The molecule has 0 bridgehead atoms. The molecule has 1 aromatic carbocycles. The lowest BCUT2D eigenvalue weighted by Crippen LogP contribution is -2.55. The first-order valence-corrected chi connectivity index (χ1v) is 8.83. The topological polar surface area (TPSA) is 36.0 Å². The lowest BCUT2D eigenvalue weighted by atomic mass is 9.98. The molecule has 130 valence electrons. The maximum Gasteiger partial charge on any atom is 0.326 e. The highest BCUT2D eigenvalue weighted by Gasteiger charge is 2.57. The summed E-state index contributed by atoms with van der Waals surface area (Å²) in [6.07, 6.45) is 2.94. The molecule has 24 heavy (non-hydrogen) atoms. The van der Waals surface area contributed by atoms with Gasteiger partial charge in [-0.1, -0.05) is 12.1 Å². The number of ether oxygens (including phenoxy) is 1. The molecule has 0 saturated carbocycles. The van der Waals surface area contributed by atoms with Crippen LogP contribution in [0.4, 0.5) is 10.5 Å². The van der Waals surface area contributed by atoms with Gasteiger partial charge in [-0.3, -0.25) is 9.80 Å². The van der Waals surface area contributed by atoms with Crippen LogP contribution in [-0.2, 0) is 4.74 Å². The summed E-state index contributed by atoms with van der Waals surface area (Å²) in [4.78, 5) is 18.4. The van der Waals surface area contributed by atoms with Crippen molar-refractivity contribution in [3.63, 3.8) is 0 Å². The van der Waals surface area contributed by atoms with Gasteiger partial charge in [-0.25, -0.2) is 4.79 Å². The zero-order valence-corrected chi connectivity index (χ0v) is 15.1. The van der Waals surface area contributed by atoms with Gasteiger partial charge in [0, 0.05) is 38.8 Å². The lowest BCUT2D eigenvalue weighted by Gasteiger charge is -2.44. The molecule has 0 aliphatic carbocycles. The normalized spacial score (nSPS) is 24.8. The van der Waals surface area contributed by atoms with Crippen molar-refractivity contribution in [2.75, 3.05) is 38.2 Å². The molecule has 2 heterocycles. The van der Waals surface area contributed by atoms with E-state index in [2.05, 4.69) is 49.1 Å². The second kappa shape index (κ2) is 6.48. The van der Waals surface area contributed by atoms with E-state index >= 15 is 0 Å². The minimum Gasteiger partial charge on any atom is -0.372 e. The third kappa shape index (κ3) is 2.47. The zero-order valence-electron chi connectivity index (χ0n) is 15.1. The minimum atomic E-state index is -0.557. The Bertz CT molecular complexity index is 631. The van der Waals surface area contributed by atoms with Crippen molar-refractivity contribution < 1.29 is 9.53 Å². The van der Waals surface area contributed by atoms with Crippen LogP contribution in [0, 0.1) is 0 Å². The molecule has 2 aliphatic rings. The van der Waals surface area contributed by atoms with Gasteiger partial charge in [-0.05, 0) is 44.5 Å². The number of nitrogens with zero attached hydrogens (tertiary/aromatic N) is 3. The van der Waals surface area contributed by atoms with Crippen LogP contribution in [-0.4, -0.2) is 54.8 Å². The summed E-state index contributed by atoms with van der Waals surface area (Å²) in [5.41, 5.74) is 2.70. The fraction of sp³-hybridized carbons (Fsp3) is 0.526. The third-order valence-corrected chi connectivity index (χ3v) is 5.14. The van der Waals surface area contributed by atoms with Crippen molar-refractivity contribution >= 4 is 17.8 Å². The van der Waals surface area contributed by atoms with E-state index in [4.69, 9.17) is 4.74 Å². The predicted molar refractivity (Wildman–Crippen MR) is 96.8 cm³/mol. The Morgan fingerprint density at radius 2 is 1.83 bits per heavy atom. The molecular weight excluding hydrogens is 302 g/mol. The standard InChI is InChI=1S/C19H27N3O2/c1-5-21(6-2)16-10-8-15(9-11-16)14-17-19(12-13-24-19)22(7-3)18(23)20(17)4/h8-11,14H,5-7,12-13H2,1-4H3/b17-14+. The molecule has 0 radical (unpaired) electrons. The van der Waals surface area contributed by atoms with Crippen molar-refractivity contribution in [2.45, 2.75) is 32.9 Å². The van der Waals surface area contributed by atoms with E-state index in [1.165, 1.54) is 5.69 Å². The molecule has 1 aromatic rings. The molecule has 5 nitrogen and oxygen atoms in total. The number of anilines is 1. The number of benzene rings is 1. The summed E-state index contributed by atoms with van der Waals surface area (Å²) >= 11 is 0. The number of likely N-dealkylation sites (N-methyl/N-ethyl adjacent to an activating group) is 2. The van der Waals surface area contributed by atoms with Crippen LogP contribution >= 0.6 is 0 Å². The number of carbonyl (C=O) groups is 1. The van der Waals surface area contributed by atoms with Gasteiger partial charge < -0.3 is 9.64 Å². The van der Waals surface area contributed by atoms with Gasteiger partial charge >= 0.3 is 6.03 Å². The van der Waals surface area contributed by atoms with Gasteiger partial charge in [-0.2, -0.15) is 0 Å². The first kappa shape index (κ1) is 16.8. The average molecular weight is 329 g/mol. The van der Waals surface area contributed by atoms with Gasteiger partial charge in [0.1, 0.15) is 0 Å².